The van der Waals surface area contributed by atoms with Crippen LogP contribution in [-0.4, -0.2) is 23.0 Å². The molecule has 1 N–H and O–H groups in total. The third kappa shape index (κ3) is 2.36. The third-order valence-electron chi connectivity index (χ3n) is 1.46. The Balaban J connectivity index is 2.93. The molecule has 0 aromatic carbocycles. The van der Waals surface area contributed by atoms with E-state index < -0.39 is 30.3 Å². The van der Waals surface area contributed by atoms with Crippen molar-refractivity contribution in [3.63, 3.8) is 0 Å². The molecule has 1 heterocycles. The molecule has 0 saturated carbocycles. The molecular formula is C6H3F7N2O. The molecule has 0 amide bonds. The average molecular weight is 252 g/mol. The number of hydrogen-bond acceptors (Lipinski definition) is 2. The van der Waals surface area contributed by atoms with Crippen LogP contribution >= 0.6 is 0 Å². The van der Waals surface area contributed by atoms with Gasteiger partial charge in [0, 0.05) is 6.07 Å². The summed E-state index contributed by atoms with van der Waals surface area (Å²) in [5.41, 5.74) is -1.67. The zero-order valence-corrected chi connectivity index (χ0v) is 7.16. The van der Waals surface area contributed by atoms with Crippen LogP contribution in [0.25, 0.3) is 0 Å². The Morgan fingerprint density at radius 3 is 2.19 bits per heavy atom. The number of aromatic amines is 1. The molecule has 1 aromatic heterocycles. The number of aromatic nitrogens is 2. The van der Waals surface area contributed by atoms with Crippen molar-refractivity contribution in [3.8, 4) is 5.88 Å². The Hall–Kier alpha value is -1.48. The molecule has 0 radical (unpaired) electrons. The zero-order chi connectivity index (χ0) is 12.6. The lowest BCUT2D eigenvalue weighted by Crippen LogP contribution is -2.34. The van der Waals surface area contributed by atoms with Crippen molar-refractivity contribution in [2.24, 2.45) is 0 Å². The highest BCUT2D eigenvalue weighted by Crippen LogP contribution is 2.43. The van der Waals surface area contributed by atoms with Gasteiger partial charge in [-0.05, 0) is 0 Å². The summed E-state index contributed by atoms with van der Waals surface area (Å²) >= 11 is 0. The fourth-order valence-corrected chi connectivity index (χ4v) is 0.769. The van der Waals surface area contributed by atoms with Crippen LogP contribution in [0.2, 0.25) is 0 Å². The molecule has 16 heavy (non-hydrogen) atoms. The summed E-state index contributed by atoms with van der Waals surface area (Å²) in [6, 6.07) is 0.0552. The smallest absolute Gasteiger partial charge is 0.415 e. The van der Waals surface area contributed by atoms with Crippen molar-refractivity contribution in [2.75, 3.05) is 0 Å². The summed E-state index contributed by atoms with van der Waals surface area (Å²) in [5, 5.41) is 4.01. The minimum atomic E-state index is -5.85. The molecule has 1 rings (SSSR count). The number of H-pyrrole nitrogens is 1. The maximum absolute atomic E-state index is 12.6. The van der Waals surface area contributed by atoms with Crippen LogP contribution in [0, 0.1) is 0 Å². The molecule has 0 aliphatic carbocycles. The lowest BCUT2D eigenvalue weighted by atomic mass is 10.2. The Morgan fingerprint density at radius 1 is 1.19 bits per heavy atom. The molecule has 0 saturated heterocycles. The molecule has 0 fully saturated rings. The molecule has 0 aliphatic heterocycles. The fourth-order valence-electron chi connectivity index (χ4n) is 0.769. The first-order valence-electron chi connectivity index (χ1n) is 3.60. The highest BCUT2D eigenvalue weighted by molar-refractivity contribution is 5.19. The van der Waals surface area contributed by atoms with E-state index in [-0.39, 0.29) is 6.07 Å². The number of nitrogens with zero attached hydrogens (tertiary/aromatic N) is 1. The number of halogens is 7. The highest BCUT2D eigenvalue weighted by atomic mass is 19.4. The topological polar surface area (TPSA) is 37.9 Å². The Bertz CT molecular complexity index is 358. The van der Waals surface area contributed by atoms with E-state index in [0.717, 1.165) is 0 Å². The van der Waals surface area contributed by atoms with Gasteiger partial charge in [0.25, 0.3) is 0 Å². The minimum absolute atomic E-state index is 0.0552. The van der Waals surface area contributed by atoms with Crippen LogP contribution in [0.4, 0.5) is 30.7 Å². The van der Waals surface area contributed by atoms with E-state index in [1.165, 1.54) is 5.10 Å². The second kappa shape index (κ2) is 3.83. The van der Waals surface area contributed by atoms with Crippen molar-refractivity contribution in [2.45, 2.75) is 18.7 Å². The monoisotopic (exact) mass is 252 g/mol. The quantitative estimate of drug-likeness (QED) is 0.840. The van der Waals surface area contributed by atoms with Crippen molar-refractivity contribution in [3.05, 3.63) is 11.8 Å². The maximum Gasteiger partial charge on any atom is 0.459 e. The van der Waals surface area contributed by atoms with Crippen LogP contribution in [0.1, 0.15) is 5.69 Å². The first-order valence-corrected chi connectivity index (χ1v) is 3.60. The van der Waals surface area contributed by atoms with Crippen LogP contribution in [0.3, 0.4) is 0 Å². The van der Waals surface area contributed by atoms with Gasteiger partial charge in [0.2, 0.25) is 5.88 Å². The van der Waals surface area contributed by atoms with Crippen molar-refractivity contribution < 1.29 is 35.5 Å². The lowest BCUT2D eigenvalue weighted by Gasteiger charge is -2.17. The van der Waals surface area contributed by atoms with Crippen molar-refractivity contribution in [1.29, 1.82) is 0 Å². The first-order chi connectivity index (χ1) is 7.14. The highest BCUT2D eigenvalue weighted by Gasteiger charge is 2.60. The van der Waals surface area contributed by atoms with Gasteiger partial charge in [0.1, 0.15) is 5.69 Å². The van der Waals surface area contributed by atoms with Gasteiger partial charge in [-0.3, -0.25) is 5.10 Å². The first kappa shape index (κ1) is 12.6. The van der Waals surface area contributed by atoms with Gasteiger partial charge in [-0.25, -0.2) is 0 Å². The van der Waals surface area contributed by atoms with Gasteiger partial charge in [0.05, 0.1) is 0 Å². The zero-order valence-electron chi connectivity index (χ0n) is 7.16. The van der Waals surface area contributed by atoms with Gasteiger partial charge >= 0.3 is 18.7 Å². The van der Waals surface area contributed by atoms with E-state index >= 15 is 0 Å². The van der Waals surface area contributed by atoms with Gasteiger partial charge in [-0.2, -0.15) is 30.7 Å². The van der Waals surface area contributed by atoms with Crippen LogP contribution in [0.5, 0.6) is 5.88 Å². The lowest BCUT2D eigenvalue weighted by molar-refractivity contribution is -0.290. The largest absolute Gasteiger partial charge is 0.459 e. The fraction of sp³-hybridized carbons (Fsp3) is 0.500. The van der Waals surface area contributed by atoms with Gasteiger partial charge < -0.3 is 4.74 Å². The normalized spacial score (nSPS) is 13.2. The van der Waals surface area contributed by atoms with Crippen LogP contribution < -0.4 is 4.74 Å². The number of rotatable bonds is 3. The molecule has 0 aliphatic rings. The van der Waals surface area contributed by atoms with E-state index in [2.05, 4.69) is 9.84 Å². The van der Waals surface area contributed by atoms with Gasteiger partial charge in [0.15, 0.2) is 0 Å². The third-order valence-corrected chi connectivity index (χ3v) is 1.46. The van der Waals surface area contributed by atoms with Gasteiger partial charge in [-0.1, -0.05) is 0 Å². The molecule has 0 atom stereocenters. The summed E-state index contributed by atoms with van der Waals surface area (Å²) in [7, 11) is 0. The molecule has 0 spiro atoms. The second-order valence-corrected chi connectivity index (χ2v) is 2.57. The molecule has 1 aromatic rings. The van der Waals surface area contributed by atoms with Crippen molar-refractivity contribution in [1.82, 2.24) is 10.2 Å². The van der Waals surface area contributed by atoms with E-state index in [1.807, 2.05) is 0 Å². The number of nitrogens with one attached hydrogen (secondary N) is 1. The number of hydrogen-bond donors (Lipinski definition) is 1. The number of alkyl halides is 7. The van der Waals surface area contributed by atoms with E-state index in [4.69, 9.17) is 0 Å². The molecule has 0 unspecified atom stereocenters. The Morgan fingerprint density at radius 2 is 1.75 bits per heavy atom. The van der Waals surface area contributed by atoms with Crippen molar-refractivity contribution >= 4 is 0 Å². The maximum atomic E-state index is 12.6. The molecule has 0 bridgehead atoms. The standard InChI is InChI=1S/C6H3F7N2O/c7-4(8)16-3-1-2(14-15-3)5(9,10)6(11,12)13/h1,4H,(H,14,15). The molecule has 10 heteroatoms. The molecular weight excluding hydrogens is 249 g/mol. The summed E-state index contributed by atoms with van der Waals surface area (Å²) in [4.78, 5) is 0. The minimum Gasteiger partial charge on any atom is -0.415 e. The average Bonchev–Trinajstić information content (AvgIpc) is 2.49. The molecule has 3 nitrogen and oxygen atoms in total. The van der Waals surface area contributed by atoms with E-state index in [1.54, 1.807) is 0 Å². The summed E-state index contributed by atoms with van der Waals surface area (Å²) in [6.45, 7) is -3.37. The predicted octanol–water partition coefficient (Wildman–Crippen LogP) is 2.67. The van der Waals surface area contributed by atoms with Crippen LogP contribution in [-0.2, 0) is 5.92 Å². The van der Waals surface area contributed by atoms with E-state index in [9.17, 15) is 30.7 Å². The second-order valence-electron chi connectivity index (χ2n) is 2.57. The Kier molecular flexibility index (Phi) is 3.01. The SMILES string of the molecule is FC(F)Oc1cc(C(F)(F)C(F)(F)F)[nH]n1. The summed E-state index contributed by atoms with van der Waals surface area (Å²) in [6.07, 6.45) is -5.85. The van der Waals surface area contributed by atoms with Crippen LogP contribution in [0.15, 0.2) is 6.07 Å². The number of ether oxygens (including phenoxy) is 1. The van der Waals surface area contributed by atoms with Gasteiger partial charge in [-0.15, -0.1) is 5.10 Å². The summed E-state index contributed by atoms with van der Waals surface area (Å²) in [5.74, 6) is -6.25. The van der Waals surface area contributed by atoms with E-state index in [0.29, 0.717) is 0 Å². The Labute approximate surface area is 83.2 Å². The predicted molar refractivity (Wildman–Crippen MR) is 35.2 cm³/mol. The molecule has 92 valence electrons. The summed E-state index contributed by atoms with van der Waals surface area (Å²) < 4.78 is 87.2.